The van der Waals surface area contributed by atoms with Crippen LogP contribution in [0.2, 0.25) is 0 Å². The van der Waals surface area contributed by atoms with Crippen molar-refractivity contribution in [3.05, 3.63) is 25.3 Å². The summed E-state index contributed by atoms with van der Waals surface area (Å²) in [4.78, 5) is 11.5. The Labute approximate surface area is 166 Å². The molecule has 0 bridgehead atoms. The molecule has 3 nitrogen and oxygen atoms in total. The van der Waals surface area contributed by atoms with Gasteiger partial charge in [0.25, 0.3) is 0 Å². The summed E-state index contributed by atoms with van der Waals surface area (Å²) in [6.07, 6.45) is 13.3. The molecule has 2 saturated carbocycles. The minimum atomic E-state index is -0.156. The Bertz CT molecular complexity index is 510. The molecule has 2 aliphatic carbocycles. The van der Waals surface area contributed by atoms with Crippen LogP contribution in [0.15, 0.2) is 25.3 Å². The average molecular weight is 377 g/mol. The molecule has 0 spiro atoms. The van der Waals surface area contributed by atoms with Crippen molar-refractivity contribution in [1.29, 1.82) is 0 Å². The van der Waals surface area contributed by atoms with E-state index in [9.17, 15) is 4.79 Å². The third kappa shape index (κ3) is 5.47. The zero-order valence-corrected chi connectivity index (χ0v) is 17.9. The number of esters is 1. The first kappa shape index (κ1) is 22.2. The SMILES string of the molecule is C=CCC1CC(C(C)(C)C2CCC(OC(C)=O)C(CC=C)C2)CCC1OC. The second kappa shape index (κ2) is 9.91. The molecule has 3 heteroatoms. The van der Waals surface area contributed by atoms with Crippen LogP contribution in [0.4, 0.5) is 0 Å². The fraction of sp³-hybridized carbons (Fsp3) is 0.792. The molecule has 2 aliphatic rings. The van der Waals surface area contributed by atoms with Crippen molar-refractivity contribution in [3.63, 3.8) is 0 Å². The van der Waals surface area contributed by atoms with E-state index in [0.717, 1.165) is 38.5 Å². The van der Waals surface area contributed by atoms with Crippen LogP contribution in [0.1, 0.15) is 72.1 Å². The molecule has 6 atom stereocenters. The smallest absolute Gasteiger partial charge is 0.302 e. The van der Waals surface area contributed by atoms with Gasteiger partial charge in [-0.25, -0.2) is 0 Å². The monoisotopic (exact) mass is 376 g/mol. The fourth-order valence-electron chi connectivity index (χ4n) is 5.76. The molecule has 0 amide bonds. The Balaban J connectivity index is 2.07. The van der Waals surface area contributed by atoms with Crippen molar-refractivity contribution >= 4 is 5.97 Å². The van der Waals surface area contributed by atoms with Gasteiger partial charge in [0.1, 0.15) is 6.10 Å². The van der Waals surface area contributed by atoms with E-state index in [0.29, 0.717) is 35.2 Å². The van der Waals surface area contributed by atoms with Gasteiger partial charge in [-0.3, -0.25) is 4.79 Å². The Hall–Kier alpha value is -1.09. The van der Waals surface area contributed by atoms with Gasteiger partial charge in [-0.05, 0) is 80.5 Å². The lowest BCUT2D eigenvalue weighted by atomic mass is 9.57. The quantitative estimate of drug-likeness (QED) is 0.388. The van der Waals surface area contributed by atoms with Crippen LogP contribution in [0.25, 0.3) is 0 Å². The minimum absolute atomic E-state index is 0.0605. The summed E-state index contributed by atoms with van der Waals surface area (Å²) in [5.74, 6) is 2.23. The lowest BCUT2D eigenvalue weighted by Crippen LogP contribution is -2.44. The highest BCUT2D eigenvalue weighted by Gasteiger charge is 2.45. The van der Waals surface area contributed by atoms with Gasteiger partial charge >= 0.3 is 5.97 Å². The topological polar surface area (TPSA) is 35.5 Å². The molecule has 0 aliphatic heterocycles. The Kier molecular flexibility index (Phi) is 8.15. The molecule has 0 saturated heterocycles. The summed E-state index contributed by atoms with van der Waals surface area (Å²) in [7, 11) is 1.85. The molecule has 6 unspecified atom stereocenters. The normalized spacial score (nSPS) is 34.7. The molecule has 0 aromatic heterocycles. The van der Waals surface area contributed by atoms with E-state index in [1.165, 1.54) is 19.8 Å². The van der Waals surface area contributed by atoms with Gasteiger partial charge in [-0.1, -0.05) is 26.0 Å². The third-order valence-electron chi connectivity index (χ3n) is 7.49. The van der Waals surface area contributed by atoms with E-state index in [1.54, 1.807) is 0 Å². The first-order chi connectivity index (χ1) is 12.8. The van der Waals surface area contributed by atoms with Crippen molar-refractivity contribution in [2.45, 2.75) is 84.3 Å². The molecular weight excluding hydrogens is 336 g/mol. The second-order valence-corrected chi connectivity index (χ2v) is 9.33. The predicted molar refractivity (Wildman–Crippen MR) is 111 cm³/mol. The number of methoxy groups -OCH3 is 1. The van der Waals surface area contributed by atoms with Crippen LogP contribution >= 0.6 is 0 Å². The largest absolute Gasteiger partial charge is 0.462 e. The average Bonchev–Trinajstić information content (AvgIpc) is 2.63. The van der Waals surface area contributed by atoms with Gasteiger partial charge in [-0.2, -0.15) is 0 Å². The summed E-state index contributed by atoms with van der Waals surface area (Å²) < 4.78 is 11.4. The van der Waals surface area contributed by atoms with Crippen LogP contribution in [0.5, 0.6) is 0 Å². The zero-order chi connectivity index (χ0) is 20.0. The van der Waals surface area contributed by atoms with Crippen LogP contribution in [-0.4, -0.2) is 25.3 Å². The van der Waals surface area contributed by atoms with Gasteiger partial charge in [-0.15, -0.1) is 13.2 Å². The molecule has 0 radical (unpaired) electrons. The number of carbonyl (C=O) groups excluding carboxylic acids is 1. The van der Waals surface area contributed by atoms with Gasteiger partial charge in [0.05, 0.1) is 6.10 Å². The number of rotatable bonds is 8. The third-order valence-corrected chi connectivity index (χ3v) is 7.49. The highest BCUT2D eigenvalue weighted by Crippen LogP contribution is 2.51. The number of ether oxygens (including phenoxy) is 2. The van der Waals surface area contributed by atoms with Crippen LogP contribution in [0, 0.1) is 29.1 Å². The van der Waals surface area contributed by atoms with Crippen molar-refractivity contribution in [2.24, 2.45) is 29.1 Å². The highest BCUT2D eigenvalue weighted by atomic mass is 16.5. The summed E-state index contributed by atoms with van der Waals surface area (Å²) in [6, 6.07) is 0. The van der Waals surface area contributed by atoms with E-state index >= 15 is 0 Å². The first-order valence-electron chi connectivity index (χ1n) is 10.7. The molecule has 0 aromatic carbocycles. The highest BCUT2D eigenvalue weighted by molar-refractivity contribution is 5.66. The molecule has 2 fully saturated rings. The molecule has 0 N–H and O–H groups in total. The number of hydrogen-bond acceptors (Lipinski definition) is 3. The number of hydrogen-bond donors (Lipinski definition) is 0. The van der Waals surface area contributed by atoms with Crippen molar-refractivity contribution in [2.75, 3.05) is 7.11 Å². The minimum Gasteiger partial charge on any atom is -0.462 e. The zero-order valence-electron chi connectivity index (χ0n) is 17.9. The molecule has 27 heavy (non-hydrogen) atoms. The molecule has 2 rings (SSSR count). The van der Waals surface area contributed by atoms with Crippen molar-refractivity contribution < 1.29 is 14.3 Å². The van der Waals surface area contributed by atoms with Gasteiger partial charge < -0.3 is 9.47 Å². The van der Waals surface area contributed by atoms with Crippen LogP contribution in [-0.2, 0) is 14.3 Å². The van der Waals surface area contributed by atoms with E-state index in [4.69, 9.17) is 9.47 Å². The first-order valence-corrected chi connectivity index (χ1v) is 10.7. The van der Waals surface area contributed by atoms with E-state index < -0.39 is 0 Å². The summed E-state index contributed by atoms with van der Waals surface area (Å²) in [6.45, 7) is 14.3. The molecule has 154 valence electrons. The van der Waals surface area contributed by atoms with E-state index in [1.807, 2.05) is 13.2 Å². The van der Waals surface area contributed by atoms with E-state index in [2.05, 4.69) is 33.1 Å². The number of carbonyl (C=O) groups is 1. The standard InChI is InChI=1S/C24H40O3/c1-7-9-18-15-20(11-13-22(18)26-6)24(4,5)21-12-14-23(27-17(3)25)19(16-21)10-8-2/h7-8,18-23H,1-2,9-16H2,3-6H3. The van der Waals surface area contributed by atoms with Gasteiger partial charge in [0, 0.05) is 14.0 Å². The Morgan fingerprint density at radius 1 is 0.963 bits per heavy atom. The van der Waals surface area contributed by atoms with Gasteiger partial charge in [0.15, 0.2) is 0 Å². The maximum Gasteiger partial charge on any atom is 0.302 e. The summed E-state index contributed by atoms with van der Waals surface area (Å²) in [5.41, 5.74) is 0.290. The van der Waals surface area contributed by atoms with E-state index in [-0.39, 0.29) is 12.1 Å². The molecular formula is C24H40O3. The van der Waals surface area contributed by atoms with Crippen LogP contribution < -0.4 is 0 Å². The maximum absolute atomic E-state index is 11.5. The van der Waals surface area contributed by atoms with Crippen molar-refractivity contribution in [1.82, 2.24) is 0 Å². The Morgan fingerprint density at radius 3 is 1.89 bits per heavy atom. The molecule has 0 aromatic rings. The van der Waals surface area contributed by atoms with Gasteiger partial charge in [0.2, 0.25) is 0 Å². The molecule has 0 heterocycles. The Morgan fingerprint density at radius 2 is 1.44 bits per heavy atom. The number of allylic oxidation sites excluding steroid dienone is 2. The fourth-order valence-corrected chi connectivity index (χ4v) is 5.76. The maximum atomic E-state index is 11.5. The van der Waals surface area contributed by atoms with Crippen LogP contribution in [0.3, 0.4) is 0 Å². The van der Waals surface area contributed by atoms with Crippen molar-refractivity contribution in [3.8, 4) is 0 Å². The predicted octanol–water partition coefficient (Wildman–Crippen LogP) is 5.94. The summed E-state index contributed by atoms with van der Waals surface area (Å²) >= 11 is 0. The lowest BCUT2D eigenvalue weighted by molar-refractivity contribution is -0.153. The lowest BCUT2D eigenvalue weighted by Gasteiger charge is -2.49. The summed E-state index contributed by atoms with van der Waals surface area (Å²) in [5, 5.41) is 0. The second-order valence-electron chi connectivity index (χ2n) is 9.33.